The summed E-state index contributed by atoms with van der Waals surface area (Å²) in [5.41, 5.74) is 3.43. The molecule has 1 saturated carbocycles. The van der Waals surface area contributed by atoms with Gasteiger partial charge in [-0.2, -0.15) is 0 Å². The third-order valence-corrected chi connectivity index (χ3v) is 4.63. The standard InChI is InChI=1S/C16H13ClN2S/c17-12-7-4-8-13-15(12)18-16(20)19(13)14-9-11(14)10-5-2-1-3-6-10/h1-8,11,14H,9H2,(H,18,20). The van der Waals surface area contributed by atoms with Crippen LogP contribution < -0.4 is 0 Å². The lowest BCUT2D eigenvalue weighted by atomic mass is 10.1. The van der Waals surface area contributed by atoms with Gasteiger partial charge in [-0.05, 0) is 36.3 Å². The lowest BCUT2D eigenvalue weighted by Crippen LogP contribution is -1.96. The molecule has 0 bridgehead atoms. The van der Waals surface area contributed by atoms with E-state index < -0.39 is 0 Å². The van der Waals surface area contributed by atoms with E-state index in [0.29, 0.717) is 12.0 Å². The molecule has 2 aromatic carbocycles. The van der Waals surface area contributed by atoms with E-state index in [2.05, 4.69) is 45.9 Å². The van der Waals surface area contributed by atoms with E-state index in [1.807, 2.05) is 12.1 Å². The summed E-state index contributed by atoms with van der Waals surface area (Å²) in [4.78, 5) is 3.23. The summed E-state index contributed by atoms with van der Waals surface area (Å²) >= 11 is 11.7. The second kappa shape index (κ2) is 4.47. The van der Waals surface area contributed by atoms with E-state index in [1.165, 1.54) is 5.56 Å². The summed E-state index contributed by atoms with van der Waals surface area (Å²) in [7, 11) is 0. The van der Waals surface area contributed by atoms with Crippen molar-refractivity contribution in [1.29, 1.82) is 0 Å². The molecule has 1 aliphatic carbocycles. The first kappa shape index (κ1) is 12.2. The second-order valence-electron chi connectivity index (χ2n) is 5.25. The van der Waals surface area contributed by atoms with Crippen LogP contribution in [-0.2, 0) is 0 Å². The maximum absolute atomic E-state index is 6.23. The second-order valence-corrected chi connectivity index (χ2v) is 6.05. The van der Waals surface area contributed by atoms with Crippen LogP contribution in [0.5, 0.6) is 0 Å². The Morgan fingerprint density at radius 3 is 2.70 bits per heavy atom. The van der Waals surface area contributed by atoms with E-state index in [9.17, 15) is 0 Å². The predicted molar refractivity (Wildman–Crippen MR) is 85.0 cm³/mol. The SMILES string of the molecule is S=c1[nH]c2c(Cl)cccc2n1C1CC1c1ccccc1. The molecule has 2 unspecified atom stereocenters. The average molecular weight is 301 g/mol. The summed E-state index contributed by atoms with van der Waals surface area (Å²) in [6.07, 6.45) is 1.14. The van der Waals surface area contributed by atoms with E-state index in [0.717, 1.165) is 27.2 Å². The van der Waals surface area contributed by atoms with Crippen molar-refractivity contribution in [1.82, 2.24) is 9.55 Å². The maximum Gasteiger partial charge on any atom is 0.178 e. The number of rotatable bonds is 2. The summed E-state index contributed by atoms with van der Waals surface area (Å²) in [5, 5.41) is 0.726. The van der Waals surface area contributed by atoms with E-state index in [1.54, 1.807) is 0 Å². The van der Waals surface area contributed by atoms with Crippen LogP contribution in [0.25, 0.3) is 11.0 Å². The first-order valence-corrected chi connectivity index (χ1v) is 7.48. The molecule has 1 aromatic heterocycles. The fourth-order valence-corrected chi connectivity index (χ4v) is 3.52. The number of nitrogens with zero attached hydrogens (tertiary/aromatic N) is 1. The Hall–Kier alpha value is -1.58. The highest BCUT2D eigenvalue weighted by Gasteiger charge is 2.41. The number of para-hydroxylation sites is 1. The number of aromatic amines is 1. The van der Waals surface area contributed by atoms with Crippen LogP contribution in [0.4, 0.5) is 0 Å². The number of aromatic nitrogens is 2. The number of imidazole rings is 1. The van der Waals surface area contributed by atoms with Crippen LogP contribution in [0.2, 0.25) is 5.02 Å². The van der Waals surface area contributed by atoms with Gasteiger partial charge in [0.1, 0.15) is 0 Å². The highest BCUT2D eigenvalue weighted by Crippen LogP contribution is 2.52. The fourth-order valence-electron chi connectivity index (χ4n) is 2.97. The van der Waals surface area contributed by atoms with Crippen LogP contribution in [0, 0.1) is 4.77 Å². The van der Waals surface area contributed by atoms with Crippen molar-refractivity contribution >= 4 is 34.9 Å². The van der Waals surface area contributed by atoms with Crippen LogP contribution >= 0.6 is 23.8 Å². The summed E-state index contributed by atoms with van der Waals surface area (Å²) in [5.74, 6) is 0.556. The van der Waals surface area contributed by atoms with Crippen molar-refractivity contribution in [2.45, 2.75) is 18.4 Å². The highest BCUT2D eigenvalue weighted by molar-refractivity contribution is 7.71. The molecule has 3 aromatic rings. The molecular formula is C16H13ClN2S. The van der Waals surface area contributed by atoms with Crippen LogP contribution in [-0.4, -0.2) is 9.55 Å². The molecule has 4 heteroatoms. The number of hydrogen-bond acceptors (Lipinski definition) is 1. The molecule has 100 valence electrons. The van der Waals surface area contributed by atoms with Crippen LogP contribution in [0.3, 0.4) is 0 Å². The number of fused-ring (bicyclic) bond motifs is 1. The number of nitrogens with one attached hydrogen (secondary N) is 1. The zero-order valence-corrected chi connectivity index (χ0v) is 12.3. The first-order chi connectivity index (χ1) is 9.75. The van der Waals surface area contributed by atoms with E-state index in [4.69, 9.17) is 23.8 Å². The predicted octanol–water partition coefficient (Wildman–Crippen LogP) is 5.08. The molecule has 4 rings (SSSR count). The van der Waals surface area contributed by atoms with Crippen LogP contribution in [0.1, 0.15) is 23.9 Å². The molecule has 2 atom stereocenters. The quantitative estimate of drug-likeness (QED) is 0.654. The zero-order valence-electron chi connectivity index (χ0n) is 10.7. The monoisotopic (exact) mass is 300 g/mol. The van der Waals surface area contributed by atoms with Gasteiger partial charge in [0.2, 0.25) is 0 Å². The number of benzene rings is 2. The Morgan fingerprint density at radius 1 is 1.10 bits per heavy atom. The molecule has 0 aliphatic heterocycles. The third-order valence-electron chi connectivity index (χ3n) is 4.02. The Bertz CT molecular complexity index is 835. The molecule has 0 spiro atoms. The van der Waals surface area contributed by atoms with Gasteiger partial charge in [0.05, 0.1) is 16.1 Å². The Balaban J connectivity index is 1.80. The minimum absolute atomic E-state index is 0.442. The zero-order chi connectivity index (χ0) is 13.7. The fraction of sp³-hybridized carbons (Fsp3) is 0.188. The van der Waals surface area contributed by atoms with Crippen molar-refractivity contribution < 1.29 is 0 Å². The van der Waals surface area contributed by atoms with Gasteiger partial charge >= 0.3 is 0 Å². The van der Waals surface area contributed by atoms with Gasteiger partial charge in [0.15, 0.2) is 4.77 Å². The van der Waals surface area contributed by atoms with Gasteiger partial charge in [-0.25, -0.2) is 0 Å². The summed E-state index contributed by atoms with van der Waals surface area (Å²) in [6.45, 7) is 0. The number of H-pyrrole nitrogens is 1. The lowest BCUT2D eigenvalue weighted by molar-refractivity contribution is 0.728. The minimum atomic E-state index is 0.442. The molecule has 1 fully saturated rings. The van der Waals surface area contributed by atoms with Crippen molar-refractivity contribution in [3.8, 4) is 0 Å². The highest BCUT2D eigenvalue weighted by atomic mass is 35.5. The van der Waals surface area contributed by atoms with Crippen molar-refractivity contribution in [3.05, 3.63) is 63.9 Å². The smallest absolute Gasteiger partial charge is 0.178 e. The van der Waals surface area contributed by atoms with E-state index in [-0.39, 0.29) is 0 Å². The Morgan fingerprint density at radius 2 is 1.90 bits per heavy atom. The maximum atomic E-state index is 6.23. The van der Waals surface area contributed by atoms with Crippen molar-refractivity contribution in [2.24, 2.45) is 0 Å². The topological polar surface area (TPSA) is 20.7 Å². The first-order valence-electron chi connectivity index (χ1n) is 6.69. The molecule has 1 heterocycles. The number of halogens is 1. The lowest BCUT2D eigenvalue weighted by Gasteiger charge is -2.04. The van der Waals surface area contributed by atoms with Gasteiger partial charge in [0, 0.05) is 12.0 Å². The van der Waals surface area contributed by atoms with Gasteiger partial charge in [-0.1, -0.05) is 48.0 Å². The van der Waals surface area contributed by atoms with Gasteiger partial charge < -0.3 is 9.55 Å². The molecule has 1 N–H and O–H groups in total. The minimum Gasteiger partial charge on any atom is -0.329 e. The van der Waals surface area contributed by atoms with Crippen LogP contribution in [0.15, 0.2) is 48.5 Å². The molecule has 1 aliphatic rings. The largest absolute Gasteiger partial charge is 0.329 e. The summed E-state index contributed by atoms with van der Waals surface area (Å²) < 4.78 is 2.98. The molecular weight excluding hydrogens is 288 g/mol. The average Bonchev–Trinajstić information content (AvgIpc) is 3.17. The van der Waals surface area contributed by atoms with Gasteiger partial charge in [-0.15, -0.1) is 0 Å². The molecule has 0 radical (unpaired) electrons. The van der Waals surface area contributed by atoms with Crippen molar-refractivity contribution in [2.75, 3.05) is 0 Å². The Labute approximate surface area is 127 Å². The van der Waals surface area contributed by atoms with Crippen molar-refractivity contribution in [3.63, 3.8) is 0 Å². The molecule has 0 amide bonds. The van der Waals surface area contributed by atoms with Gasteiger partial charge in [0.25, 0.3) is 0 Å². The third kappa shape index (κ3) is 1.81. The molecule has 20 heavy (non-hydrogen) atoms. The summed E-state index contributed by atoms with van der Waals surface area (Å²) in [6, 6.07) is 17.0. The van der Waals surface area contributed by atoms with E-state index >= 15 is 0 Å². The Kier molecular flexibility index (Phi) is 2.72. The normalized spacial score (nSPS) is 21.2. The molecule has 2 nitrogen and oxygen atoms in total. The molecule has 0 saturated heterocycles. The van der Waals surface area contributed by atoms with Gasteiger partial charge in [-0.3, -0.25) is 0 Å². The number of hydrogen-bond donors (Lipinski definition) is 1.